The summed E-state index contributed by atoms with van der Waals surface area (Å²) >= 11 is 0. The number of hydrogen-bond donors (Lipinski definition) is 1. The van der Waals surface area contributed by atoms with Gasteiger partial charge in [0.1, 0.15) is 6.33 Å². The fourth-order valence-electron chi connectivity index (χ4n) is 2.55. The molecule has 102 valence electrons. The van der Waals surface area contributed by atoms with Crippen LogP contribution in [0, 0.1) is 13.8 Å². The van der Waals surface area contributed by atoms with Gasteiger partial charge in [-0.2, -0.15) is 0 Å². The fraction of sp³-hybridized carbons (Fsp3) is 0.235. The highest BCUT2D eigenvalue weighted by Crippen LogP contribution is 2.25. The lowest BCUT2D eigenvalue weighted by Crippen LogP contribution is -2.09. The standard InChI is InChI=1S/C17H19N3/c1-11-8-15-17(9-12(11)2)20(10-19-15)16-7-5-4-6-14(16)13(3)18/h4-10,13H,18H2,1-3H3/t13-/m0/s1. The summed E-state index contributed by atoms with van der Waals surface area (Å²) in [5.74, 6) is 0. The molecular formula is C17H19N3. The smallest absolute Gasteiger partial charge is 0.100 e. The molecule has 3 aromatic rings. The molecule has 0 radical (unpaired) electrons. The first kappa shape index (κ1) is 12.9. The Balaban J connectivity index is 2.28. The summed E-state index contributed by atoms with van der Waals surface area (Å²) in [7, 11) is 0. The molecule has 0 saturated carbocycles. The number of hydrogen-bond acceptors (Lipinski definition) is 2. The molecule has 0 unspecified atom stereocenters. The third-order valence-electron chi connectivity index (χ3n) is 3.85. The molecule has 0 amide bonds. The van der Waals surface area contributed by atoms with Gasteiger partial charge in [0.25, 0.3) is 0 Å². The van der Waals surface area contributed by atoms with E-state index in [1.165, 1.54) is 11.1 Å². The number of para-hydroxylation sites is 1. The van der Waals surface area contributed by atoms with E-state index in [9.17, 15) is 0 Å². The summed E-state index contributed by atoms with van der Waals surface area (Å²) in [6.07, 6.45) is 1.88. The molecular weight excluding hydrogens is 246 g/mol. The molecule has 1 atom stereocenters. The average Bonchev–Trinajstić information content (AvgIpc) is 2.82. The summed E-state index contributed by atoms with van der Waals surface area (Å²) in [4.78, 5) is 4.52. The van der Waals surface area contributed by atoms with Crippen LogP contribution in [0.4, 0.5) is 0 Å². The van der Waals surface area contributed by atoms with E-state index < -0.39 is 0 Å². The topological polar surface area (TPSA) is 43.8 Å². The van der Waals surface area contributed by atoms with E-state index in [0.29, 0.717) is 0 Å². The second kappa shape index (κ2) is 4.76. The lowest BCUT2D eigenvalue weighted by atomic mass is 10.1. The number of nitrogens with two attached hydrogens (primary N) is 1. The maximum Gasteiger partial charge on any atom is 0.100 e. The quantitative estimate of drug-likeness (QED) is 0.768. The van der Waals surface area contributed by atoms with E-state index in [4.69, 9.17) is 5.73 Å². The first-order chi connectivity index (χ1) is 9.58. The molecule has 20 heavy (non-hydrogen) atoms. The van der Waals surface area contributed by atoms with Crippen molar-refractivity contribution in [2.75, 3.05) is 0 Å². The van der Waals surface area contributed by atoms with Gasteiger partial charge in [0.15, 0.2) is 0 Å². The molecule has 0 fully saturated rings. The number of rotatable bonds is 2. The molecule has 0 aliphatic carbocycles. The average molecular weight is 265 g/mol. The first-order valence-electron chi connectivity index (χ1n) is 6.87. The van der Waals surface area contributed by atoms with Gasteiger partial charge in [0, 0.05) is 6.04 Å². The number of nitrogens with zero attached hydrogens (tertiary/aromatic N) is 2. The highest BCUT2D eigenvalue weighted by Gasteiger charge is 2.11. The van der Waals surface area contributed by atoms with Crippen LogP contribution >= 0.6 is 0 Å². The largest absolute Gasteiger partial charge is 0.324 e. The molecule has 2 N–H and O–H groups in total. The molecule has 0 spiro atoms. The van der Waals surface area contributed by atoms with Crippen LogP contribution in [0.1, 0.15) is 29.7 Å². The van der Waals surface area contributed by atoms with Gasteiger partial charge in [0.05, 0.1) is 16.7 Å². The van der Waals surface area contributed by atoms with E-state index in [0.717, 1.165) is 22.3 Å². The second-order valence-electron chi connectivity index (χ2n) is 5.39. The van der Waals surface area contributed by atoms with Crippen molar-refractivity contribution in [1.82, 2.24) is 9.55 Å². The summed E-state index contributed by atoms with van der Waals surface area (Å²) in [5, 5.41) is 0. The zero-order valence-corrected chi connectivity index (χ0v) is 12.1. The molecule has 3 rings (SSSR count). The Kier molecular flexibility index (Phi) is 3.07. The van der Waals surface area contributed by atoms with Crippen LogP contribution in [0.2, 0.25) is 0 Å². The van der Waals surface area contributed by atoms with Crippen LogP contribution in [0.3, 0.4) is 0 Å². The number of aromatic nitrogens is 2. The van der Waals surface area contributed by atoms with E-state index in [1.54, 1.807) is 0 Å². The van der Waals surface area contributed by atoms with Crippen molar-refractivity contribution in [3.63, 3.8) is 0 Å². The van der Waals surface area contributed by atoms with Gasteiger partial charge in [-0.15, -0.1) is 0 Å². The monoisotopic (exact) mass is 265 g/mol. The third kappa shape index (κ3) is 2.00. The maximum atomic E-state index is 6.08. The van der Waals surface area contributed by atoms with Crippen molar-refractivity contribution in [3.05, 3.63) is 59.4 Å². The molecule has 3 heteroatoms. The van der Waals surface area contributed by atoms with Gasteiger partial charge in [-0.05, 0) is 55.7 Å². The van der Waals surface area contributed by atoms with Gasteiger partial charge in [-0.3, -0.25) is 4.57 Å². The summed E-state index contributed by atoms with van der Waals surface area (Å²) in [6.45, 7) is 6.25. The van der Waals surface area contributed by atoms with Crippen molar-refractivity contribution in [2.45, 2.75) is 26.8 Å². The highest BCUT2D eigenvalue weighted by atomic mass is 15.1. The summed E-state index contributed by atoms with van der Waals surface area (Å²) < 4.78 is 2.13. The lowest BCUT2D eigenvalue weighted by Gasteiger charge is -2.14. The second-order valence-corrected chi connectivity index (χ2v) is 5.39. The molecule has 1 heterocycles. The number of benzene rings is 2. The van der Waals surface area contributed by atoms with Crippen LogP contribution in [-0.2, 0) is 0 Å². The molecule has 3 nitrogen and oxygen atoms in total. The third-order valence-corrected chi connectivity index (χ3v) is 3.85. The van der Waals surface area contributed by atoms with Crippen LogP contribution in [0.25, 0.3) is 16.7 Å². The lowest BCUT2D eigenvalue weighted by molar-refractivity contribution is 0.806. The molecule has 0 aliphatic rings. The van der Waals surface area contributed by atoms with E-state index in [2.05, 4.69) is 47.7 Å². The zero-order valence-electron chi connectivity index (χ0n) is 12.1. The fourth-order valence-corrected chi connectivity index (χ4v) is 2.55. The van der Waals surface area contributed by atoms with Crippen LogP contribution in [0.5, 0.6) is 0 Å². The van der Waals surface area contributed by atoms with Gasteiger partial charge in [-0.25, -0.2) is 4.98 Å². The first-order valence-corrected chi connectivity index (χ1v) is 6.87. The number of aryl methyl sites for hydroxylation is 2. The molecule has 0 saturated heterocycles. The molecule has 0 aliphatic heterocycles. The Morgan fingerprint density at radius 1 is 1.10 bits per heavy atom. The molecule has 2 aromatic carbocycles. The van der Waals surface area contributed by atoms with Crippen molar-refractivity contribution < 1.29 is 0 Å². The van der Waals surface area contributed by atoms with Crippen LogP contribution in [0.15, 0.2) is 42.7 Å². The Labute approximate surface area is 119 Å². The Bertz CT molecular complexity index is 769. The van der Waals surface area contributed by atoms with E-state index in [1.807, 2.05) is 25.4 Å². The van der Waals surface area contributed by atoms with Gasteiger partial charge < -0.3 is 5.73 Å². The van der Waals surface area contributed by atoms with Crippen molar-refractivity contribution in [3.8, 4) is 5.69 Å². The van der Waals surface area contributed by atoms with Gasteiger partial charge in [0.2, 0.25) is 0 Å². The van der Waals surface area contributed by atoms with Gasteiger partial charge >= 0.3 is 0 Å². The van der Waals surface area contributed by atoms with Crippen molar-refractivity contribution >= 4 is 11.0 Å². The predicted molar refractivity (Wildman–Crippen MR) is 83.1 cm³/mol. The number of imidazole rings is 1. The summed E-state index contributed by atoms with van der Waals surface area (Å²) in [5.41, 5.74) is 13.0. The van der Waals surface area contributed by atoms with E-state index >= 15 is 0 Å². The predicted octanol–water partition coefficient (Wildman–Crippen LogP) is 3.66. The van der Waals surface area contributed by atoms with Crippen molar-refractivity contribution in [1.29, 1.82) is 0 Å². The van der Waals surface area contributed by atoms with Crippen LogP contribution in [-0.4, -0.2) is 9.55 Å². The van der Waals surface area contributed by atoms with E-state index in [-0.39, 0.29) is 6.04 Å². The minimum atomic E-state index is -0.00445. The minimum Gasteiger partial charge on any atom is -0.324 e. The maximum absolute atomic E-state index is 6.08. The number of fused-ring (bicyclic) bond motifs is 1. The normalized spacial score (nSPS) is 12.8. The molecule has 1 aromatic heterocycles. The van der Waals surface area contributed by atoms with Crippen molar-refractivity contribution in [2.24, 2.45) is 5.73 Å². The summed E-state index contributed by atoms with van der Waals surface area (Å²) in [6, 6.07) is 12.5. The Morgan fingerprint density at radius 3 is 2.55 bits per heavy atom. The van der Waals surface area contributed by atoms with Crippen LogP contribution < -0.4 is 5.73 Å². The zero-order chi connectivity index (χ0) is 14.3. The van der Waals surface area contributed by atoms with Gasteiger partial charge in [-0.1, -0.05) is 18.2 Å². The molecule has 0 bridgehead atoms. The highest BCUT2D eigenvalue weighted by molar-refractivity contribution is 5.79. The SMILES string of the molecule is Cc1cc2ncn(-c3ccccc3[C@H](C)N)c2cc1C. The minimum absolute atomic E-state index is 0.00445. The Hall–Kier alpha value is -2.13. The Morgan fingerprint density at radius 2 is 1.80 bits per heavy atom.